The molecule has 0 bridgehead atoms. The number of thiazole rings is 1. The zero-order chi connectivity index (χ0) is 30.2. The Morgan fingerprint density at radius 3 is 2.79 bits per heavy atom. The van der Waals surface area contributed by atoms with E-state index in [0.29, 0.717) is 42.7 Å². The third-order valence-electron chi connectivity index (χ3n) is 9.41. The molecular formula is C32H41FN6O3S. The Kier molecular flexibility index (Phi) is 8.68. The van der Waals surface area contributed by atoms with Gasteiger partial charge in [-0.1, -0.05) is 12.1 Å². The van der Waals surface area contributed by atoms with Gasteiger partial charge in [-0.25, -0.2) is 14.8 Å². The number of halogens is 1. The van der Waals surface area contributed by atoms with Crippen LogP contribution in [-0.4, -0.2) is 72.5 Å². The van der Waals surface area contributed by atoms with E-state index >= 15 is 0 Å². The number of rotatable bonds is 7. The second kappa shape index (κ2) is 12.5. The summed E-state index contributed by atoms with van der Waals surface area (Å²) in [4.78, 5) is 35.0. The number of piperidine rings is 1. The van der Waals surface area contributed by atoms with Crippen LogP contribution in [0.15, 0.2) is 36.4 Å². The number of hydrazine groups is 1. The molecule has 4 unspecified atom stereocenters. The van der Waals surface area contributed by atoms with Crippen molar-refractivity contribution in [1.82, 2.24) is 31.0 Å². The average Bonchev–Trinajstić information content (AvgIpc) is 3.59. The van der Waals surface area contributed by atoms with Crippen LogP contribution in [0.2, 0.25) is 0 Å². The van der Waals surface area contributed by atoms with Crippen molar-refractivity contribution in [3.05, 3.63) is 58.3 Å². The number of amides is 2. The molecule has 3 heterocycles. The third kappa shape index (κ3) is 6.13. The van der Waals surface area contributed by atoms with E-state index < -0.39 is 0 Å². The number of likely N-dealkylation sites (tertiary alicyclic amines) is 1. The Bertz CT molecular complexity index is 1500. The number of nitrogens with one attached hydrogen (secondary N) is 3. The standard InChI is InChI=1S/C32H41FN6O3S/c1-18-34-26-12-8-19(15-29(26)43-18)30-22-14-20(9-11-25(22)36-37-30)31(40)35-21-10-13-27(32(41)38(2)3)39(16-21)17-23-24(33)6-5-7-28(23)42-4/h5-8,12,15,20-22,25,27,30,36-37H,9-11,13-14,16-17H2,1-4H3,(H,35,40)/t20?,21-,22?,25?,27+,30?/m1/s1. The summed E-state index contributed by atoms with van der Waals surface area (Å²) in [5.74, 6) is 0.365. The summed E-state index contributed by atoms with van der Waals surface area (Å²) >= 11 is 1.71. The molecule has 3 aromatic rings. The lowest BCUT2D eigenvalue weighted by atomic mass is 9.74. The summed E-state index contributed by atoms with van der Waals surface area (Å²) in [6, 6.07) is 11.2. The topological polar surface area (TPSA) is 98.8 Å². The Morgan fingerprint density at radius 2 is 2.00 bits per heavy atom. The number of carbonyl (C=O) groups is 2. The maximum Gasteiger partial charge on any atom is 0.239 e. The molecule has 3 N–H and O–H groups in total. The van der Waals surface area contributed by atoms with E-state index in [1.165, 1.54) is 23.4 Å². The first kappa shape index (κ1) is 29.9. The highest BCUT2D eigenvalue weighted by Gasteiger charge is 2.43. The van der Waals surface area contributed by atoms with Crippen molar-refractivity contribution in [2.24, 2.45) is 11.8 Å². The number of methoxy groups -OCH3 is 1. The maximum absolute atomic E-state index is 14.9. The number of likely N-dealkylation sites (N-methyl/N-ethyl adjacent to an activating group) is 1. The van der Waals surface area contributed by atoms with Crippen molar-refractivity contribution in [3.63, 3.8) is 0 Å². The van der Waals surface area contributed by atoms with Gasteiger partial charge in [-0.05, 0) is 74.8 Å². The molecule has 11 heteroatoms. The van der Waals surface area contributed by atoms with E-state index in [0.717, 1.165) is 29.8 Å². The number of ether oxygens (including phenoxy) is 1. The van der Waals surface area contributed by atoms with Gasteiger partial charge in [0.25, 0.3) is 0 Å². The Balaban J connectivity index is 1.14. The van der Waals surface area contributed by atoms with E-state index in [-0.39, 0.29) is 48.2 Å². The molecule has 3 aliphatic rings. The number of benzene rings is 2. The number of hydrogen-bond donors (Lipinski definition) is 3. The minimum absolute atomic E-state index is 0.0163. The molecule has 2 amide bonds. The number of hydrogen-bond acceptors (Lipinski definition) is 8. The molecule has 0 spiro atoms. The van der Waals surface area contributed by atoms with Crippen molar-refractivity contribution >= 4 is 33.4 Å². The zero-order valence-electron chi connectivity index (χ0n) is 25.2. The van der Waals surface area contributed by atoms with E-state index in [4.69, 9.17) is 4.74 Å². The smallest absolute Gasteiger partial charge is 0.239 e. The molecule has 230 valence electrons. The van der Waals surface area contributed by atoms with E-state index in [2.05, 4.69) is 39.4 Å². The van der Waals surface area contributed by atoms with Gasteiger partial charge in [0.2, 0.25) is 11.8 Å². The predicted octanol–water partition coefficient (Wildman–Crippen LogP) is 3.92. The first-order chi connectivity index (χ1) is 20.7. The van der Waals surface area contributed by atoms with Crippen LogP contribution in [0.25, 0.3) is 10.2 Å². The van der Waals surface area contributed by atoms with E-state index in [1.54, 1.807) is 42.5 Å². The van der Waals surface area contributed by atoms with Gasteiger partial charge in [0.05, 0.1) is 34.4 Å². The fourth-order valence-corrected chi connectivity index (χ4v) is 8.07. The van der Waals surface area contributed by atoms with Crippen LogP contribution in [0.4, 0.5) is 4.39 Å². The lowest BCUT2D eigenvalue weighted by molar-refractivity contribution is -0.136. The van der Waals surface area contributed by atoms with Gasteiger partial charge in [0, 0.05) is 50.7 Å². The van der Waals surface area contributed by atoms with Crippen molar-refractivity contribution in [3.8, 4) is 5.75 Å². The number of nitrogens with zero attached hydrogens (tertiary/aromatic N) is 3. The van der Waals surface area contributed by atoms with Crippen molar-refractivity contribution in [1.29, 1.82) is 0 Å². The minimum Gasteiger partial charge on any atom is -0.496 e. The molecule has 1 saturated carbocycles. The van der Waals surface area contributed by atoms with Gasteiger partial charge in [0.15, 0.2) is 0 Å². The molecular weight excluding hydrogens is 567 g/mol. The second-order valence-electron chi connectivity index (χ2n) is 12.4. The Morgan fingerprint density at radius 1 is 1.16 bits per heavy atom. The molecule has 2 aromatic carbocycles. The average molecular weight is 609 g/mol. The van der Waals surface area contributed by atoms with Crippen LogP contribution in [0.1, 0.15) is 54.3 Å². The second-order valence-corrected chi connectivity index (χ2v) is 13.6. The third-order valence-corrected chi connectivity index (χ3v) is 10.3. The molecule has 2 aliphatic heterocycles. The SMILES string of the molecule is COc1cccc(F)c1CN1C[C@H](NC(=O)C2CCC3NNC(c4ccc5nc(C)sc5c4)C3C2)CC[C@H]1C(=O)N(C)C. The zero-order valence-corrected chi connectivity index (χ0v) is 26.0. The van der Waals surface area contributed by atoms with Crippen LogP contribution >= 0.6 is 11.3 Å². The molecule has 3 fully saturated rings. The number of fused-ring (bicyclic) bond motifs is 2. The van der Waals surface area contributed by atoms with Crippen LogP contribution in [0, 0.1) is 24.6 Å². The highest BCUT2D eigenvalue weighted by atomic mass is 32.1. The van der Waals surface area contributed by atoms with Gasteiger partial charge in [0.1, 0.15) is 11.6 Å². The number of aromatic nitrogens is 1. The van der Waals surface area contributed by atoms with Gasteiger partial charge in [-0.3, -0.25) is 19.9 Å². The molecule has 6 rings (SSSR count). The normalized spacial score (nSPS) is 27.6. The Hall–Kier alpha value is -3.12. The largest absolute Gasteiger partial charge is 0.496 e. The molecule has 1 aromatic heterocycles. The summed E-state index contributed by atoms with van der Waals surface area (Å²) in [7, 11) is 5.00. The molecule has 43 heavy (non-hydrogen) atoms. The van der Waals surface area contributed by atoms with E-state index in [1.807, 2.05) is 11.8 Å². The van der Waals surface area contributed by atoms with Crippen LogP contribution < -0.4 is 20.9 Å². The minimum atomic E-state index is -0.390. The fraction of sp³-hybridized carbons (Fsp3) is 0.531. The quantitative estimate of drug-likeness (QED) is 0.374. The van der Waals surface area contributed by atoms with Gasteiger partial charge in [-0.2, -0.15) is 0 Å². The van der Waals surface area contributed by atoms with Crippen molar-refractivity contribution in [2.75, 3.05) is 27.7 Å². The summed E-state index contributed by atoms with van der Waals surface area (Å²) in [5.41, 5.74) is 9.68. The lowest BCUT2D eigenvalue weighted by Gasteiger charge is -2.41. The first-order valence-corrected chi connectivity index (χ1v) is 16.0. The molecule has 9 nitrogen and oxygen atoms in total. The monoisotopic (exact) mass is 608 g/mol. The van der Waals surface area contributed by atoms with Gasteiger partial charge >= 0.3 is 0 Å². The maximum atomic E-state index is 14.9. The summed E-state index contributed by atoms with van der Waals surface area (Å²) in [5, 5.41) is 4.38. The molecule has 0 radical (unpaired) electrons. The van der Waals surface area contributed by atoms with Crippen molar-refractivity contribution < 1.29 is 18.7 Å². The van der Waals surface area contributed by atoms with Crippen LogP contribution in [0.3, 0.4) is 0 Å². The Labute approximate surface area is 256 Å². The first-order valence-electron chi connectivity index (χ1n) is 15.2. The van der Waals surface area contributed by atoms with Crippen LogP contribution in [-0.2, 0) is 16.1 Å². The van der Waals surface area contributed by atoms with Gasteiger partial charge < -0.3 is 15.0 Å². The van der Waals surface area contributed by atoms with Gasteiger partial charge in [-0.15, -0.1) is 11.3 Å². The summed E-state index contributed by atoms with van der Waals surface area (Å²) < 4.78 is 21.5. The molecule has 2 saturated heterocycles. The number of carbonyl (C=O) groups excluding carboxylic acids is 2. The lowest BCUT2D eigenvalue weighted by Crippen LogP contribution is -2.56. The summed E-state index contributed by atoms with van der Waals surface area (Å²) in [6.45, 7) is 2.72. The van der Waals surface area contributed by atoms with E-state index in [9.17, 15) is 14.0 Å². The molecule has 1 aliphatic carbocycles. The fourth-order valence-electron chi connectivity index (χ4n) is 7.19. The van der Waals surface area contributed by atoms with Crippen molar-refractivity contribution in [2.45, 2.75) is 69.7 Å². The van der Waals surface area contributed by atoms with Crippen LogP contribution in [0.5, 0.6) is 5.75 Å². The molecule has 6 atom stereocenters. The predicted molar refractivity (Wildman–Crippen MR) is 165 cm³/mol. The number of aryl methyl sites for hydroxylation is 1. The highest BCUT2D eigenvalue weighted by Crippen LogP contribution is 2.41. The summed E-state index contributed by atoms with van der Waals surface area (Å²) in [6.07, 6.45) is 3.83. The highest BCUT2D eigenvalue weighted by molar-refractivity contribution is 7.18.